The Labute approximate surface area is 185 Å². The predicted molar refractivity (Wildman–Crippen MR) is 111 cm³/mol. The number of nitrogens with zero attached hydrogens (tertiary/aromatic N) is 1. The first-order valence-electron chi connectivity index (χ1n) is 10.1. The number of aryl methyl sites for hydroxylation is 1. The molecule has 0 amide bonds. The lowest BCUT2D eigenvalue weighted by molar-refractivity contribution is -0.150. The third-order valence-electron chi connectivity index (χ3n) is 5.18. The first kappa shape index (κ1) is 24.1. The first-order valence-corrected chi connectivity index (χ1v) is 11.6. The highest BCUT2D eigenvalue weighted by Crippen LogP contribution is 2.36. The topological polar surface area (TPSA) is 72.9 Å². The van der Waals surface area contributed by atoms with Crippen LogP contribution in [0.4, 0.5) is 13.2 Å². The van der Waals surface area contributed by atoms with Gasteiger partial charge in [0.2, 0.25) is 10.0 Å². The van der Waals surface area contributed by atoms with Crippen LogP contribution in [0.2, 0.25) is 0 Å². The van der Waals surface area contributed by atoms with E-state index in [1.807, 2.05) is 25.1 Å². The Kier molecular flexibility index (Phi) is 7.45. The summed E-state index contributed by atoms with van der Waals surface area (Å²) in [5.74, 6) is -0.317. The summed E-state index contributed by atoms with van der Waals surface area (Å²) in [7, 11) is -4.34. The molecular formula is C22H24F3NO5S. The van der Waals surface area contributed by atoms with Crippen molar-refractivity contribution in [1.82, 2.24) is 4.31 Å². The fourth-order valence-corrected chi connectivity index (χ4v) is 5.20. The number of sulfonamides is 1. The Balaban J connectivity index is 1.52. The summed E-state index contributed by atoms with van der Waals surface area (Å²) in [4.78, 5) is 11.5. The molecule has 0 bridgehead atoms. The van der Waals surface area contributed by atoms with Crippen LogP contribution in [0.3, 0.4) is 0 Å². The number of carbonyl (C=O) groups excluding carboxylic acids is 1. The van der Waals surface area contributed by atoms with Crippen molar-refractivity contribution in [3.63, 3.8) is 0 Å². The van der Waals surface area contributed by atoms with Crippen LogP contribution < -0.4 is 4.74 Å². The Bertz CT molecular complexity index is 1050. The van der Waals surface area contributed by atoms with Crippen LogP contribution in [0.25, 0.3) is 0 Å². The van der Waals surface area contributed by atoms with Crippen LogP contribution in [-0.4, -0.2) is 45.0 Å². The van der Waals surface area contributed by atoms with Gasteiger partial charge in [-0.25, -0.2) is 8.42 Å². The van der Waals surface area contributed by atoms with Crippen molar-refractivity contribution in [3.05, 3.63) is 59.7 Å². The lowest BCUT2D eigenvalue weighted by Gasteiger charge is -2.30. The van der Waals surface area contributed by atoms with Gasteiger partial charge in [-0.2, -0.15) is 17.5 Å². The van der Waals surface area contributed by atoms with E-state index in [0.717, 1.165) is 28.1 Å². The minimum atomic E-state index is -4.79. The number of hydrogen-bond acceptors (Lipinski definition) is 5. The molecule has 10 heteroatoms. The lowest BCUT2D eigenvalue weighted by Crippen LogP contribution is -2.41. The van der Waals surface area contributed by atoms with Crippen LogP contribution in [-0.2, 0) is 25.7 Å². The van der Waals surface area contributed by atoms with E-state index < -0.39 is 38.5 Å². The average Bonchev–Trinajstić information content (AvgIpc) is 2.76. The van der Waals surface area contributed by atoms with E-state index in [2.05, 4.69) is 0 Å². The molecule has 1 aliphatic rings. The van der Waals surface area contributed by atoms with E-state index >= 15 is 0 Å². The molecule has 3 rings (SSSR count). The molecule has 0 N–H and O–H groups in total. The molecule has 0 atom stereocenters. The van der Waals surface area contributed by atoms with Crippen molar-refractivity contribution in [1.29, 1.82) is 0 Å². The van der Waals surface area contributed by atoms with Crippen LogP contribution in [0, 0.1) is 12.8 Å². The summed E-state index contributed by atoms with van der Waals surface area (Å²) in [6.45, 7) is 2.03. The standard InChI is InChI=1S/C22H24F3NO5S/c1-16-5-4-6-18(15-16)30-13-14-31-21(27)17-9-11-26(12-10-17)32(28,29)20-8-3-2-7-19(20)22(23,24)25/h2-8,15,17H,9-14H2,1H3. The van der Waals surface area contributed by atoms with Gasteiger partial charge in [-0.1, -0.05) is 24.3 Å². The number of alkyl halides is 3. The molecule has 2 aromatic carbocycles. The first-order chi connectivity index (χ1) is 15.1. The Morgan fingerprint density at radius 2 is 1.75 bits per heavy atom. The summed E-state index contributed by atoms with van der Waals surface area (Å²) in [6, 6.07) is 11.5. The maximum absolute atomic E-state index is 13.2. The van der Waals surface area contributed by atoms with E-state index in [9.17, 15) is 26.4 Å². The molecule has 2 aromatic rings. The lowest BCUT2D eigenvalue weighted by atomic mass is 9.98. The predicted octanol–water partition coefficient (Wildman–Crippen LogP) is 4.04. The van der Waals surface area contributed by atoms with Gasteiger partial charge in [0.1, 0.15) is 19.0 Å². The number of ether oxygens (including phenoxy) is 2. The highest BCUT2D eigenvalue weighted by atomic mass is 32.2. The normalized spacial score (nSPS) is 16.0. The van der Waals surface area contributed by atoms with Gasteiger partial charge in [0.15, 0.2) is 0 Å². The molecule has 0 aliphatic carbocycles. The van der Waals surface area contributed by atoms with Gasteiger partial charge in [-0.15, -0.1) is 0 Å². The van der Waals surface area contributed by atoms with Gasteiger partial charge in [0.05, 0.1) is 16.4 Å². The summed E-state index contributed by atoms with van der Waals surface area (Å²) >= 11 is 0. The summed E-state index contributed by atoms with van der Waals surface area (Å²) in [5, 5.41) is 0. The molecule has 1 fully saturated rings. The fraction of sp³-hybridized carbons (Fsp3) is 0.409. The van der Waals surface area contributed by atoms with E-state index in [1.165, 1.54) is 6.07 Å². The van der Waals surface area contributed by atoms with Crippen molar-refractivity contribution in [2.24, 2.45) is 5.92 Å². The van der Waals surface area contributed by atoms with Crippen LogP contribution in [0.5, 0.6) is 5.75 Å². The monoisotopic (exact) mass is 471 g/mol. The van der Waals surface area contributed by atoms with E-state index in [1.54, 1.807) is 6.07 Å². The van der Waals surface area contributed by atoms with Gasteiger partial charge in [-0.3, -0.25) is 4.79 Å². The SMILES string of the molecule is Cc1cccc(OCCOC(=O)C2CCN(S(=O)(=O)c3ccccc3C(F)(F)F)CC2)c1. The van der Waals surface area contributed by atoms with E-state index in [4.69, 9.17) is 9.47 Å². The van der Waals surface area contributed by atoms with Gasteiger partial charge in [0, 0.05) is 13.1 Å². The second-order valence-corrected chi connectivity index (χ2v) is 9.41. The molecule has 1 aliphatic heterocycles. The maximum atomic E-state index is 13.2. The quantitative estimate of drug-likeness (QED) is 0.450. The van der Waals surface area contributed by atoms with Crippen LogP contribution in [0.15, 0.2) is 53.4 Å². The number of esters is 1. The zero-order valence-corrected chi connectivity index (χ0v) is 18.3. The molecular weight excluding hydrogens is 447 g/mol. The molecule has 32 heavy (non-hydrogen) atoms. The Morgan fingerprint density at radius 3 is 2.41 bits per heavy atom. The molecule has 174 valence electrons. The van der Waals surface area contributed by atoms with Gasteiger partial charge in [0.25, 0.3) is 0 Å². The molecule has 0 saturated carbocycles. The Morgan fingerprint density at radius 1 is 1.06 bits per heavy atom. The maximum Gasteiger partial charge on any atom is 0.417 e. The van der Waals surface area contributed by atoms with Crippen LogP contribution in [0.1, 0.15) is 24.0 Å². The number of carbonyl (C=O) groups is 1. The molecule has 0 aromatic heterocycles. The third kappa shape index (κ3) is 5.80. The number of hydrogen-bond donors (Lipinski definition) is 0. The second-order valence-electron chi connectivity index (χ2n) is 7.50. The molecule has 1 heterocycles. The average molecular weight is 471 g/mol. The highest BCUT2D eigenvalue weighted by molar-refractivity contribution is 7.89. The number of benzene rings is 2. The third-order valence-corrected chi connectivity index (χ3v) is 7.14. The van der Waals surface area contributed by atoms with Crippen LogP contribution >= 0.6 is 0 Å². The van der Waals surface area contributed by atoms with Crippen molar-refractivity contribution >= 4 is 16.0 Å². The van der Waals surface area contributed by atoms with E-state index in [0.29, 0.717) is 5.75 Å². The number of rotatable bonds is 7. The minimum Gasteiger partial charge on any atom is -0.490 e. The van der Waals surface area contributed by atoms with Gasteiger partial charge in [-0.05, 0) is 49.6 Å². The number of halogens is 3. The smallest absolute Gasteiger partial charge is 0.417 e. The second kappa shape index (κ2) is 9.91. The van der Waals surface area contributed by atoms with Crippen molar-refractivity contribution in [3.8, 4) is 5.75 Å². The Hall–Kier alpha value is -2.59. The van der Waals surface area contributed by atoms with Gasteiger partial charge < -0.3 is 9.47 Å². The van der Waals surface area contributed by atoms with E-state index in [-0.39, 0.29) is 39.1 Å². The summed E-state index contributed by atoms with van der Waals surface area (Å²) in [5.41, 5.74) is -0.158. The minimum absolute atomic E-state index is 0.0459. The zero-order valence-electron chi connectivity index (χ0n) is 17.5. The number of piperidine rings is 1. The van der Waals surface area contributed by atoms with Crippen molar-refractivity contribution in [2.75, 3.05) is 26.3 Å². The molecule has 0 radical (unpaired) electrons. The largest absolute Gasteiger partial charge is 0.490 e. The van der Waals surface area contributed by atoms with Gasteiger partial charge >= 0.3 is 12.1 Å². The van der Waals surface area contributed by atoms with Crippen molar-refractivity contribution in [2.45, 2.75) is 30.8 Å². The highest BCUT2D eigenvalue weighted by Gasteiger charge is 2.40. The molecule has 0 unspecified atom stereocenters. The molecule has 1 saturated heterocycles. The molecule has 6 nitrogen and oxygen atoms in total. The fourth-order valence-electron chi connectivity index (χ4n) is 3.52. The zero-order chi connectivity index (χ0) is 23.4. The summed E-state index contributed by atoms with van der Waals surface area (Å²) in [6.07, 6.45) is -4.44. The van der Waals surface area contributed by atoms with Crippen molar-refractivity contribution < 1.29 is 35.9 Å². The molecule has 0 spiro atoms. The summed E-state index contributed by atoms with van der Waals surface area (Å²) < 4.78 is 77.0.